The van der Waals surface area contributed by atoms with Crippen LogP contribution in [-0.4, -0.2) is 35.4 Å². The fraction of sp³-hybridized carbons (Fsp3) is 0.455. The summed E-state index contributed by atoms with van der Waals surface area (Å²) in [6.45, 7) is 1.33. The molecule has 18 heavy (non-hydrogen) atoms. The minimum Gasteiger partial charge on any atom is -0.462 e. The van der Waals surface area contributed by atoms with Gasteiger partial charge in [-0.15, -0.1) is 5.06 Å². The van der Waals surface area contributed by atoms with Crippen LogP contribution < -0.4 is 0 Å². The van der Waals surface area contributed by atoms with Crippen molar-refractivity contribution in [2.75, 3.05) is 6.61 Å². The van der Waals surface area contributed by atoms with Crippen LogP contribution in [-0.2, 0) is 28.8 Å². The maximum Gasteiger partial charge on any atom is 0.336 e. The largest absolute Gasteiger partial charge is 0.462 e. The van der Waals surface area contributed by atoms with E-state index in [0.29, 0.717) is 5.06 Å². The Morgan fingerprint density at radius 3 is 2.39 bits per heavy atom. The van der Waals surface area contributed by atoms with Crippen LogP contribution in [0.4, 0.5) is 0 Å². The predicted octanol–water partition coefficient (Wildman–Crippen LogP) is 0.103. The molecule has 0 aromatic heterocycles. The number of amides is 2. The van der Waals surface area contributed by atoms with Gasteiger partial charge in [0.2, 0.25) is 0 Å². The van der Waals surface area contributed by atoms with Gasteiger partial charge >= 0.3 is 11.9 Å². The molecule has 0 N–H and O–H groups in total. The van der Waals surface area contributed by atoms with Gasteiger partial charge < -0.3 is 9.57 Å². The molecular weight excluding hydrogens is 242 g/mol. The molecule has 1 heterocycles. The van der Waals surface area contributed by atoms with Gasteiger partial charge in [0, 0.05) is 19.8 Å². The van der Waals surface area contributed by atoms with E-state index in [1.54, 1.807) is 0 Å². The van der Waals surface area contributed by atoms with Crippen LogP contribution in [0.25, 0.3) is 0 Å². The first-order valence-electron chi connectivity index (χ1n) is 5.35. The zero-order valence-electron chi connectivity index (χ0n) is 9.88. The van der Waals surface area contributed by atoms with Crippen molar-refractivity contribution in [3.8, 4) is 0 Å². The molecule has 2 amide bonds. The minimum absolute atomic E-state index is 0.0597. The van der Waals surface area contributed by atoms with E-state index in [2.05, 4.69) is 9.57 Å². The molecule has 98 valence electrons. The van der Waals surface area contributed by atoms with E-state index in [1.165, 1.54) is 19.1 Å². The number of hydrogen-bond donors (Lipinski definition) is 0. The highest BCUT2D eigenvalue weighted by Gasteiger charge is 2.32. The summed E-state index contributed by atoms with van der Waals surface area (Å²) >= 11 is 0. The molecule has 0 aromatic rings. The van der Waals surface area contributed by atoms with Gasteiger partial charge in [0.05, 0.1) is 6.42 Å². The Bertz CT molecular complexity index is 384. The Labute approximate surface area is 103 Å². The Hall–Kier alpha value is -2.18. The smallest absolute Gasteiger partial charge is 0.336 e. The highest BCUT2D eigenvalue weighted by atomic mass is 16.7. The normalized spacial score (nSPS) is 15.3. The van der Waals surface area contributed by atoms with Gasteiger partial charge in [0.15, 0.2) is 0 Å². The molecule has 0 aliphatic carbocycles. The summed E-state index contributed by atoms with van der Waals surface area (Å²) in [4.78, 5) is 48.5. The lowest BCUT2D eigenvalue weighted by Gasteiger charge is -2.11. The molecule has 0 atom stereocenters. The number of esters is 1. The molecule has 0 saturated carbocycles. The number of carbonyl (C=O) groups is 4. The molecular formula is C11H13NO6. The molecule has 0 spiro atoms. The van der Waals surface area contributed by atoms with Crippen molar-refractivity contribution in [2.45, 2.75) is 26.2 Å². The van der Waals surface area contributed by atoms with Crippen molar-refractivity contribution in [1.82, 2.24) is 5.06 Å². The summed E-state index contributed by atoms with van der Waals surface area (Å²) in [5.41, 5.74) is 0. The molecule has 1 fully saturated rings. The molecule has 1 aliphatic rings. The van der Waals surface area contributed by atoms with Crippen LogP contribution in [0.3, 0.4) is 0 Å². The minimum atomic E-state index is -0.724. The molecule has 0 aromatic carbocycles. The topological polar surface area (TPSA) is 90.0 Å². The number of hydroxylamine groups is 2. The van der Waals surface area contributed by atoms with Crippen molar-refractivity contribution in [3.63, 3.8) is 0 Å². The summed E-state index contributed by atoms with van der Waals surface area (Å²) in [5.74, 6) is -2.18. The van der Waals surface area contributed by atoms with Crippen molar-refractivity contribution in [1.29, 1.82) is 0 Å². The van der Waals surface area contributed by atoms with Crippen molar-refractivity contribution >= 4 is 23.8 Å². The van der Waals surface area contributed by atoms with Gasteiger partial charge in [0.1, 0.15) is 6.61 Å². The number of carbonyl (C=O) groups excluding carboxylic acids is 4. The Morgan fingerprint density at radius 2 is 1.83 bits per heavy atom. The summed E-state index contributed by atoms with van der Waals surface area (Å²) in [6.07, 6.45) is 2.91. The number of nitrogens with zero attached hydrogens (tertiary/aromatic N) is 1. The van der Waals surface area contributed by atoms with Gasteiger partial charge in [-0.3, -0.25) is 14.4 Å². The third-order valence-electron chi connectivity index (χ3n) is 2.03. The molecule has 1 rings (SSSR count). The molecule has 0 unspecified atom stereocenters. The molecule has 7 nitrogen and oxygen atoms in total. The highest BCUT2D eigenvalue weighted by molar-refractivity contribution is 6.01. The van der Waals surface area contributed by atoms with Crippen LogP contribution in [0, 0.1) is 0 Å². The van der Waals surface area contributed by atoms with Crippen LogP contribution in [0.2, 0.25) is 0 Å². The van der Waals surface area contributed by atoms with Crippen molar-refractivity contribution in [3.05, 3.63) is 12.2 Å². The number of rotatable bonds is 5. The van der Waals surface area contributed by atoms with Gasteiger partial charge in [-0.25, -0.2) is 4.79 Å². The van der Waals surface area contributed by atoms with Gasteiger partial charge in [-0.1, -0.05) is 12.2 Å². The summed E-state index contributed by atoms with van der Waals surface area (Å²) in [6, 6.07) is 0. The first-order chi connectivity index (χ1) is 8.50. The SMILES string of the molecule is CC(=O)OCC=CCC(=O)ON1C(=O)CCC1=O. The number of hydrogen-bond acceptors (Lipinski definition) is 6. The summed E-state index contributed by atoms with van der Waals surface area (Å²) < 4.78 is 4.59. The highest BCUT2D eigenvalue weighted by Crippen LogP contribution is 2.12. The second-order valence-corrected chi connectivity index (χ2v) is 3.52. The monoisotopic (exact) mass is 255 g/mol. The van der Waals surface area contributed by atoms with Crippen molar-refractivity contribution in [2.24, 2.45) is 0 Å². The second kappa shape index (κ2) is 6.53. The van der Waals surface area contributed by atoms with Gasteiger partial charge in [-0.05, 0) is 0 Å². The lowest BCUT2D eigenvalue weighted by molar-refractivity contribution is -0.196. The molecule has 7 heteroatoms. The molecule has 1 saturated heterocycles. The van der Waals surface area contributed by atoms with Gasteiger partial charge in [-0.2, -0.15) is 0 Å². The molecule has 0 radical (unpaired) electrons. The Balaban J connectivity index is 2.27. The van der Waals surface area contributed by atoms with E-state index in [9.17, 15) is 19.2 Å². The van der Waals surface area contributed by atoms with Crippen LogP contribution in [0.5, 0.6) is 0 Å². The van der Waals surface area contributed by atoms with E-state index in [4.69, 9.17) is 0 Å². The fourth-order valence-electron chi connectivity index (χ4n) is 1.21. The van der Waals surface area contributed by atoms with E-state index < -0.39 is 23.8 Å². The second-order valence-electron chi connectivity index (χ2n) is 3.52. The maximum absolute atomic E-state index is 11.3. The standard InChI is InChI=1S/C11H13NO6/c1-8(13)17-7-3-2-4-11(16)18-12-9(14)5-6-10(12)15/h2-3H,4-7H2,1H3. The molecule has 1 aliphatic heterocycles. The van der Waals surface area contributed by atoms with Gasteiger partial charge in [0.25, 0.3) is 11.8 Å². The zero-order chi connectivity index (χ0) is 13.5. The predicted molar refractivity (Wildman–Crippen MR) is 57.6 cm³/mol. The van der Waals surface area contributed by atoms with Crippen LogP contribution in [0.15, 0.2) is 12.2 Å². The number of imide groups is 1. The zero-order valence-corrected chi connectivity index (χ0v) is 9.88. The number of ether oxygens (including phenoxy) is 1. The Morgan fingerprint density at radius 1 is 1.22 bits per heavy atom. The van der Waals surface area contributed by atoms with Crippen LogP contribution >= 0.6 is 0 Å². The summed E-state index contributed by atoms with van der Waals surface area (Å²) in [7, 11) is 0. The quantitative estimate of drug-likeness (QED) is 0.393. The van der Waals surface area contributed by atoms with Crippen LogP contribution in [0.1, 0.15) is 26.2 Å². The first-order valence-corrected chi connectivity index (χ1v) is 5.35. The van der Waals surface area contributed by atoms with E-state index in [0.717, 1.165) is 0 Å². The maximum atomic E-state index is 11.3. The lowest BCUT2D eigenvalue weighted by Crippen LogP contribution is -2.31. The Kier molecular flexibility index (Phi) is 5.04. The lowest BCUT2D eigenvalue weighted by atomic mass is 10.4. The average molecular weight is 255 g/mol. The van der Waals surface area contributed by atoms with E-state index in [1.807, 2.05) is 0 Å². The van der Waals surface area contributed by atoms with E-state index >= 15 is 0 Å². The first kappa shape index (κ1) is 13.9. The third kappa shape index (κ3) is 4.36. The fourth-order valence-corrected chi connectivity index (χ4v) is 1.21. The average Bonchev–Trinajstić information content (AvgIpc) is 2.60. The molecule has 0 bridgehead atoms. The van der Waals surface area contributed by atoms with Crippen molar-refractivity contribution < 1.29 is 28.8 Å². The third-order valence-corrected chi connectivity index (χ3v) is 2.03. The van der Waals surface area contributed by atoms with E-state index in [-0.39, 0.29) is 25.9 Å². The summed E-state index contributed by atoms with van der Waals surface area (Å²) in [5, 5.41) is 0.488.